The lowest BCUT2D eigenvalue weighted by Gasteiger charge is -2.13. The molecule has 3 nitrogen and oxygen atoms in total. The highest BCUT2D eigenvalue weighted by Gasteiger charge is 2.04. The zero-order valence-corrected chi connectivity index (χ0v) is 13.3. The molecule has 0 heterocycles. The van der Waals surface area contributed by atoms with E-state index in [9.17, 15) is 5.11 Å². The van der Waals surface area contributed by atoms with E-state index in [1.807, 2.05) is 25.1 Å². The summed E-state index contributed by atoms with van der Waals surface area (Å²) in [5.41, 5.74) is 3.80. The maximum Gasteiger partial charge on any atom is 0.175 e. The topological polar surface area (TPSA) is 44.3 Å². The minimum absolute atomic E-state index is 0.189. The maximum atomic E-state index is 9.85. The van der Waals surface area contributed by atoms with Crippen molar-refractivity contribution in [3.8, 4) is 5.75 Å². The monoisotopic (exact) mass is 300 g/mol. The second-order valence-electron chi connectivity index (χ2n) is 5.38. The van der Waals surface area contributed by atoms with Gasteiger partial charge in [-0.15, -0.1) is 0 Å². The summed E-state index contributed by atoms with van der Waals surface area (Å²) < 4.78 is 0. The molecule has 2 rings (SSSR count). The van der Waals surface area contributed by atoms with E-state index in [2.05, 4.69) is 36.6 Å². The number of benzene rings is 2. The van der Waals surface area contributed by atoms with Crippen molar-refractivity contribution in [2.24, 2.45) is 0 Å². The van der Waals surface area contributed by atoms with Gasteiger partial charge in [0.05, 0.1) is 5.69 Å². The van der Waals surface area contributed by atoms with Gasteiger partial charge in [0, 0.05) is 5.69 Å². The number of phenolic OH excluding ortho intramolecular Hbond substituents is 1. The summed E-state index contributed by atoms with van der Waals surface area (Å²) in [5, 5.41) is 16.4. The minimum Gasteiger partial charge on any atom is -0.506 e. The quantitative estimate of drug-likeness (QED) is 0.571. The van der Waals surface area contributed by atoms with Gasteiger partial charge < -0.3 is 15.7 Å². The van der Waals surface area contributed by atoms with Gasteiger partial charge >= 0.3 is 0 Å². The van der Waals surface area contributed by atoms with Gasteiger partial charge in [0.15, 0.2) is 5.11 Å². The Morgan fingerprint density at radius 1 is 1.05 bits per heavy atom. The number of aromatic hydroxyl groups is 1. The average Bonchev–Trinajstić information content (AvgIpc) is 2.42. The zero-order chi connectivity index (χ0) is 15.4. The summed E-state index contributed by atoms with van der Waals surface area (Å²) in [7, 11) is 0. The Balaban J connectivity index is 2.01. The largest absolute Gasteiger partial charge is 0.506 e. The second kappa shape index (κ2) is 6.59. The third-order valence-electron chi connectivity index (χ3n) is 3.24. The molecule has 3 N–H and O–H groups in total. The molecule has 0 unspecified atom stereocenters. The lowest BCUT2D eigenvalue weighted by Crippen LogP contribution is -2.19. The molecule has 2 aromatic rings. The highest BCUT2D eigenvalue weighted by atomic mass is 32.1. The van der Waals surface area contributed by atoms with Crippen LogP contribution in [0.15, 0.2) is 42.5 Å². The summed E-state index contributed by atoms with van der Waals surface area (Å²) >= 11 is 5.26. The number of thiocarbonyl (C=S) groups is 1. The molecule has 0 atom stereocenters. The van der Waals surface area contributed by atoms with Gasteiger partial charge in [-0.3, -0.25) is 0 Å². The first-order chi connectivity index (χ1) is 9.95. The van der Waals surface area contributed by atoms with Crippen molar-refractivity contribution in [2.45, 2.75) is 26.7 Å². The molecule has 0 aliphatic carbocycles. The van der Waals surface area contributed by atoms with Crippen molar-refractivity contribution in [3.63, 3.8) is 0 Å². The summed E-state index contributed by atoms with van der Waals surface area (Å²) in [4.78, 5) is 0. The number of aryl methyl sites for hydroxylation is 1. The molecule has 4 heteroatoms. The van der Waals surface area contributed by atoms with Crippen LogP contribution < -0.4 is 10.6 Å². The molecule has 0 aliphatic rings. The third-order valence-corrected chi connectivity index (χ3v) is 3.44. The van der Waals surface area contributed by atoms with Gasteiger partial charge in [0.2, 0.25) is 0 Å². The van der Waals surface area contributed by atoms with E-state index < -0.39 is 0 Å². The molecule has 2 aromatic carbocycles. The SMILES string of the molecule is Cc1ccc(NC(=S)Nc2ccc(C(C)C)cc2)c(O)c1. The molecule has 110 valence electrons. The van der Waals surface area contributed by atoms with Crippen LogP contribution in [0.3, 0.4) is 0 Å². The van der Waals surface area contributed by atoms with Crippen LogP contribution in [0, 0.1) is 6.92 Å². The second-order valence-corrected chi connectivity index (χ2v) is 5.78. The number of phenols is 1. The summed E-state index contributed by atoms with van der Waals surface area (Å²) in [5.74, 6) is 0.697. The molecule has 0 saturated carbocycles. The summed E-state index contributed by atoms with van der Waals surface area (Å²) in [6.07, 6.45) is 0. The maximum absolute atomic E-state index is 9.85. The van der Waals surface area contributed by atoms with E-state index in [-0.39, 0.29) is 5.75 Å². The predicted octanol–water partition coefficient (Wildman–Crippen LogP) is 4.63. The van der Waals surface area contributed by atoms with Gasteiger partial charge in [-0.2, -0.15) is 0 Å². The molecular formula is C17H20N2OS. The molecule has 0 bridgehead atoms. The normalized spacial score (nSPS) is 10.5. The molecule has 0 spiro atoms. The first-order valence-electron chi connectivity index (χ1n) is 6.93. The van der Waals surface area contributed by atoms with E-state index in [1.54, 1.807) is 12.1 Å². The highest BCUT2D eigenvalue weighted by Crippen LogP contribution is 2.24. The Labute approximate surface area is 131 Å². The molecule has 21 heavy (non-hydrogen) atoms. The van der Waals surface area contributed by atoms with E-state index in [4.69, 9.17) is 12.2 Å². The molecule has 0 amide bonds. The van der Waals surface area contributed by atoms with Crippen LogP contribution in [0.1, 0.15) is 30.9 Å². The van der Waals surface area contributed by atoms with Gasteiger partial charge in [0.25, 0.3) is 0 Å². The average molecular weight is 300 g/mol. The Kier molecular flexibility index (Phi) is 4.81. The Bertz CT molecular complexity index is 636. The fourth-order valence-electron chi connectivity index (χ4n) is 1.98. The number of nitrogens with one attached hydrogen (secondary N) is 2. The Morgan fingerprint density at radius 2 is 1.71 bits per heavy atom. The van der Waals surface area contributed by atoms with Gasteiger partial charge in [-0.05, 0) is 60.5 Å². The minimum atomic E-state index is 0.189. The van der Waals surface area contributed by atoms with E-state index in [0.29, 0.717) is 16.7 Å². The van der Waals surface area contributed by atoms with Gasteiger partial charge in [-0.1, -0.05) is 32.0 Å². The van der Waals surface area contributed by atoms with Crippen LogP contribution in [0.25, 0.3) is 0 Å². The van der Waals surface area contributed by atoms with Gasteiger partial charge in [-0.25, -0.2) is 0 Å². The molecular weight excluding hydrogens is 280 g/mol. The Hall–Kier alpha value is -2.07. The van der Waals surface area contributed by atoms with Crippen LogP contribution in [0.2, 0.25) is 0 Å². The number of anilines is 2. The fourth-order valence-corrected chi connectivity index (χ4v) is 2.21. The first-order valence-corrected chi connectivity index (χ1v) is 7.34. The lowest BCUT2D eigenvalue weighted by molar-refractivity contribution is 0.477. The van der Waals surface area contributed by atoms with Crippen molar-refractivity contribution >= 4 is 28.7 Å². The van der Waals surface area contributed by atoms with E-state index in [0.717, 1.165) is 11.3 Å². The van der Waals surface area contributed by atoms with Crippen LogP contribution >= 0.6 is 12.2 Å². The smallest absolute Gasteiger partial charge is 0.175 e. The summed E-state index contributed by atoms with van der Waals surface area (Å²) in [6.45, 7) is 6.25. The standard InChI is InChI=1S/C17H20N2OS/c1-11(2)13-5-7-14(8-6-13)18-17(21)19-15-9-4-12(3)10-16(15)20/h4-11,20H,1-3H3,(H2,18,19,21). The fraction of sp³-hybridized carbons (Fsp3) is 0.235. The third kappa shape index (κ3) is 4.20. The lowest BCUT2D eigenvalue weighted by atomic mass is 10.0. The van der Waals surface area contributed by atoms with Crippen molar-refractivity contribution < 1.29 is 5.11 Å². The van der Waals surface area contributed by atoms with Crippen molar-refractivity contribution in [1.29, 1.82) is 0 Å². The molecule has 0 aliphatic heterocycles. The first kappa shape index (κ1) is 15.3. The number of rotatable bonds is 3. The van der Waals surface area contributed by atoms with Gasteiger partial charge in [0.1, 0.15) is 5.75 Å². The molecule has 0 saturated heterocycles. The zero-order valence-electron chi connectivity index (χ0n) is 12.5. The number of hydrogen-bond donors (Lipinski definition) is 3. The van der Waals surface area contributed by atoms with Crippen LogP contribution in [-0.4, -0.2) is 10.2 Å². The van der Waals surface area contributed by atoms with Crippen molar-refractivity contribution in [3.05, 3.63) is 53.6 Å². The number of hydrogen-bond acceptors (Lipinski definition) is 2. The molecule has 0 aromatic heterocycles. The molecule has 0 radical (unpaired) electrons. The summed E-state index contributed by atoms with van der Waals surface area (Å²) in [6, 6.07) is 13.6. The molecule has 0 fully saturated rings. The van der Waals surface area contributed by atoms with Crippen LogP contribution in [0.5, 0.6) is 5.75 Å². The van der Waals surface area contributed by atoms with Crippen LogP contribution in [-0.2, 0) is 0 Å². The van der Waals surface area contributed by atoms with Crippen molar-refractivity contribution in [1.82, 2.24) is 0 Å². The van der Waals surface area contributed by atoms with Crippen LogP contribution in [0.4, 0.5) is 11.4 Å². The van der Waals surface area contributed by atoms with Crippen molar-refractivity contribution in [2.75, 3.05) is 10.6 Å². The predicted molar refractivity (Wildman–Crippen MR) is 93.2 cm³/mol. The highest BCUT2D eigenvalue weighted by molar-refractivity contribution is 7.80. The van der Waals surface area contributed by atoms with E-state index >= 15 is 0 Å². The Morgan fingerprint density at radius 3 is 2.29 bits per heavy atom. The van der Waals surface area contributed by atoms with E-state index in [1.165, 1.54) is 5.56 Å².